The lowest BCUT2D eigenvalue weighted by Gasteiger charge is -2.38. The molecule has 0 spiro atoms. The van der Waals surface area contributed by atoms with Crippen LogP contribution < -0.4 is 10.1 Å². The maximum absolute atomic E-state index is 12.6. The van der Waals surface area contributed by atoms with Crippen molar-refractivity contribution in [1.29, 1.82) is 0 Å². The molecule has 13 heteroatoms. The van der Waals surface area contributed by atoms with Crippen LogP contribution in [0.15, 0.2) is 47.4 Å². The molecule has 7 nitrogen and oxygen atoms in total. The van der Waals surface area contributed by atoms with Gasteiger partial charge in [0.2, 0.25) is 5.91 Å². The van der Waals surface area contributed by atoms with Gasteiger partial charge in [0.25, 0.3) is 0 Å². The van der Waals surface area contributed by atoms with Gasteiger partial charge in [0.15, 0.2) is 0 Å². The number of hydrogen-bond acceptors (Lipinski definition) is 8. The fraction of sp³-hybridized carbons (Fsp3) is 0.516. The Balaban J connectivity index is 1.58. The number of nitrogens with one attached hydrogen (secondary N) is 1. The topological polar surface area (TPSA) is 69.3 Å². The zero-order chi connectivity index (χ0) is 32.1. The van der Waals surface area contributed by atoms with Gasteiger partial charge in [0, 0.05) is 28.8 Å². The number of nitrogens with zero attached hydrogens (tertiary/aromatic N) is 1. The third-order valence-corrected chi connectivity index (χ3v) is 10.4. The second-order valence-electron chi connectivity index (χ2n) is 11.0. The normalized spacial score (nSPS) is 20.2. The van der Waals surface area contributed by atoms with Gasteiger partial charge in [-0.05, 0) is 101 Å². The number of likely N-dealkylation sites (N-methyl/N-ethyl adjacent to an activating group) is 1. The first-order chi connectivity index (χ1) is 21.2. The number of benzene rings is 2. The van der Waals surface area contributed by atoms with Crippen molar-refractivity contribution in [3.8, 4) is 17.0 Å². The summed E-state index contributed by atoms with van der Waals surface area (Å²) in [6.07, 6.45) is 3.16. The summed E-state index contributed by atoms with van der Waals surface area (Å²) in [7, 11) is 7.45. The van der Waals surface area contributed by atoms with E-state index in [0.717, 1.165) is 28.1 Å². The van der Waals surface area contributed by atoms with Crippen LogP contribution in [0.4, 0.5) is 0 Å². The molecule has 1 aliphatic rings. The second kappa shape index (κ2) is 19.4. The first kappa shape index (κ1) is 38.1. The van der Waals surface area contributed by atoms with E-state index >= 15 is 0 Å². The monoisotopic (exact) mass is 858 g/mol. The molecule has 4 atom stereocenters. The third kappa shape index (κ3) is 11.7. The van der Waals surface area contributed by atoms with E-state index in [-0.39, 0.29) is 42.7 Å². The largest absolute Gasteiger partial charge is 0.493 e. The van der Waals surface area contributed by atoms with Crippen molar-refractivity contribution in [3.63, 3.8) is 0 Å². The highest BCUT2D eigenvalue weighted by molar-refractivity contribution is 14.1. The Morgan fingerprint density at radius 2 is 2.00 bits per heavy atom. The number of amides is 1. The maximum atomic E-state index is 12.6. The third-order valence-electron chi connectivity index (χ3n) is 7.17. The summed E-state index contributed by atoms with van der Waals surface area (Å²) < 4.78 is 23.5. The minimum absolute atomic E-state index is 0.0617. The van der Waals surface area contributed by atoms with Crippen molar-refractivity contribution < 1.29 is 21.2 Å². The Hall–Kier alpha value is -0.400. The summed E-state index contributed by atoms with van der Waals surface area (Å²) >= 11 is 12.2. The van der Waals surface area contributed by atoms with Crippen LogP contribution in [0, 0.1) is 11.3 Å². The highest BCUT2D eigenvalue weighted by atomic mass is 127. The van der Waals surface area contributed by atoms with Gasteiger partial charge < -0.3 is 21.7 Å². The van der Waals surface area contributed by atoms with Crippen LogP contribution in [0.25, 0.3) is 0 Å². The average molecular weight is 861 g/mol. The quantitative estimate of drug-likeness (QED) is 0.134. The van der Waals surface area contributed by atoms with E-state index in [9.17, 15) is 4.79 Å². The average Bonchev–Trinajstić information content (AvgIpc) is 3.02. The lowest BCUT2D eigenvalue weighted by molar-refractivity contribution is -0.123. The minimum Gasteiger partial charge on any atom is -0.493 e. The van der Waals surface area contributed by atoms with Crippen LogP contribution in [-0.2, 0) is 22.8 Å². The first-order valence-corrected chi connectivity index (χ1v) is 19.0. The van der Waals surface area contributed by atoms with Crippen LogP contribution in [-0.4, -0.2) is 66.5 Å². The van der Waals surface area contributed by atoms with Gasteiger partial charge in [0.1, 0.15) is 52.5 Å². The molecule has 44 heavy (non-hydrogen) atoms. The predicted octanol–water partition coefficient (Wildman–Crippen LogP) is 8.29. The van der Waals surface area contributed by atoms with E-state index in [1.165, 1.54) is 11.0 Å². The Morgan fingerprint density at radius 1 is 1.25 bits per heavy atom. The molecule has 1 fully saturated rings. The number of rotatable bonds is 16. The molecule has 242 valence electrons. The van der Waals surface area contributed by atoms with E-state index in [4.69, 9.17) is 38.7 Å². The van der Waals surface area contributed by atoms with Crippen molar-refractivity contribution in [2.45, 2.75) is 74.2 Å². The van der Waals surface area contributed by atoms with E-state index < -0.39 is 5.54 Å². The summed E-state index contributed by atoms with van der Waals surface area (Å²) in [5, 5.41) is 5.50. The number of halogens is 4. The first-order valence-electron chi connectivity index (χ1n) is 14.1. The molecule has 0 radical (unpaired) electrons. The van der Waals surface area contributed by atoms with Crippen LogP contribution in [0.1, 0.15) is 56.4 Å². The zero-order valence-electron chi connectivity index (χ0n) is 25.1. The number of thioether (sulfide) groups is 1. The molecule has 1 aliphatic heterocycles. The predicted molar refractivity (Wildman–Crippen MR) is 194 cm³/mol. The molecule has 2 aromatic rings. The molecule has 3 rings (SSSR count). The van der Waals surface area contributed by atoms with Gasteiger partial charge in [-0.1, -0.05) is 37.1 Å². The van der Waals surface area contributed by atoms with Crippen molar-refractivity contribution in [3.05, 3.63) is 59.2 Å². The van der Waals surface area contributed by atoms with Crippen molar-refractivity contribution in [2.75, 3.05) is 32.5 Å². The Bertz CT molecular complexity index is 1270. The second-order valence-corrected chi connectivity index (χ2v) is 14.1. The SMILES string of the molecule is CCN(CC#CCl)CC(C)(C)NC(=O)CCOc1ccc(Cc2cc([C@@H]3O[C@H](SC)[C@@H](OBr)C[C@H]3OI)ccc2SCl)cc1. The van der Waals surface area contributed by atoms with Gasteiger partial charge in [-0.25, -0.2) is 0 Å². The highest BCUT2D eigenvalue weighted by Crippen LogP contribution is 2.41. The van der Waals surface area contributed by atoms with Crippen LogP contribution in [0.2, 0.25) is 0 Å². The summed E-state index contributed by atoms with van der Waals surface area (Å²) in [5.41, 5.74) is 2.72. The molecular formula is C31H38BrCl2IN2O5S2. The van der Waals surface area contributed by atoms with Crippen LogP contribution >= 0.6 is 84.3 Å². The van der Waals surface area contributed by atoms with Crippen molar-refractivity contribution in [2.24, 2.45) is 0 Å². The number of hydrogen-bond donors (Lipinski definition) is 1. The molecule has 1 heterocycles. The van der Waals surface area contributed by atoms with Crippen molar-refractivity contribution >= 4 is 90.2 Å². The maximum Gasteiger partial charge on any atom is 0.223 e. The van der Waals surface area contributed by atoms with Gasteiger partial charge in [0.05, 0.1) is 35.8 Å². The summed E-state index contributed by atoms with van der Waals surface area (Å²) in [6.45, 7) is 8.38. The number of ether oxygens (including phenoxy) is 2. The molecule has 0 aliphatic carbocycles. The molecule has 0 bridgehead atoms. The van der Waals surface area contributed by atoms with E-state index in [0.29, 0.717) is 31.7 Å². The molecule has 0 saturated carbocycles. The zero-order valence-corrected chi connectivity index (χ0v) is 32.0. The summed E-state index contributed by atoms with van der Waals surface area (Å²) in [5.74, 6) is 3.51. The van der Waals surface area contributed by atoms with Crippen LogP contribution in [0.3, 0.4) is 0 Å². The van der Waals surface area contributed by atoms with Gasteiger partial charge in [-0.2, -0.15) is 0 Å². The number of carbonyl (C=O) groups excluding carboxylic acids is 1. The Labute approximate surface area is 302 Å². The Morgan fingerprint density at radius 3 is 2.61 bits per heavy atom. The fourth-order valence-corrected chi connectivity index (χ4v) is 7.61. The summed E-state index contributed by atoms with van der Waals surface area (Å²) in [6, 6.07) is 14.2. The molecule has 2 aromatic carbocycles. The van der Waals surface area contributed by atoms with Gasteiger partial charge >= 0.3 is 0 Å². The molecule has 0 unspecified atom stereocenters. The van der Waals surface area contributed by atoms with Gasteiger partial charge in [-0.3, -0.25) is 9.69 Å². The smallest absolute Gasteiger partial charge is 0.223 e. The molecule has 1 N–H and O–H groups in total. The molecule has 0 aromatic heterocycles. The summed E-state index contributed by atoms with van der Waals surface area (Å²) in [4.78, 5) is 15.7. The fourth-order valence-electron chi connectivity index (χ4n) is 5.08. The molecular weight excluding hydrogens is 822 g/mol. The highest BCUT2D eigenvalue weighted by Gasteiger charge is 2.40. The van der Waals surface area contributed by atoms with E-state index in [2.05, 4.69) is 56.8 Å². The molecule has 1 amide bonds. The van der Waals surface area contributed by atoms with Crippen molar-refractivity contribution in [1.82, 2.24) is 10.2 Å². The van der Waals surface area contributed by atoms with E-state index in [1.807, 2.05) is 73.4 Å². The minimum atomic E-state index is -0.408. The standard InChI is InChI=1S/C31H38BrCl2IN2O5S2/c1-5-37(15-6-14-33)20-31(2,3)36-28(38)13-16-39-24-10-7-21(8-11-24)17-23-18-22(9-12-27(23)44-34)29-25(42-35)19-26(41-32)30(40-29)43-4/h7-12,18,25-26,29-30H,5,13,15-17,19-20H2,1-4H3,(H,36,38)/t25-,26+,29+,30-/m1/s1. The lowest BCUT2D eigenvalue weighted by atomic mass is 9.94. The molecule has 1 saturated heterocycles. The van der Waals surface area contributed by atoms with Crippen LogP contribution in [0.5, 0.6) is 5.75 Å². The Kier molecular flexibility index (Phi) is 16.8. The van der Waals surface area contributed by atoms with Gasteiger partial charge in [-0.15, -0.1) is 11.8 Å². The lowest BCUT2D eigenvalue weighted by Crippen LogP contribution is -2.51. The number of carbonyl (C=O) groups is 1. The van der Waals surface area contributed by atoms with E-state index in [1.54, 1.807) is 11.8 Å².